The van der Waals surface area contributed by atoms with E-state index in [0.29, 0.717) is 4.88 Å². The number of carbonyl (C=O) groups is 1. The number of thiophene rings is 1. The molecule has 4 rings (SSSR count). The summed E-state index contributed by atoms with van der Waals surface area (Å²) in [7, 11) is 0. The fraction of sp³-hybridized carbons (Fsp3) is 0.0952. The number of fused-ring (bicyclic) bond motifs is 2. The van der Waals surface area contributed by atoms with Crippen LogP contribution >= 0.6 is 11.3 Å². The van der Waals surface area contributed by atoms with Crippen LogP contribution in [0.15, 0.2) is 72.8 Å². The van der Waals surface area contributed by atoms with Crippen LogP contribution in [-0.4, -0.2) is 17.6 Å². The highest BCUT2D eigenvalue weighted by atomic mass is 32.1. The average molecular weight is 347 g/mol. The Morgan fingerprint density at radius 2 is 1.68 bits per heavy atom. The van der Waals surface area contributed by atoms with E-state index >= 15 is 0 Å². The van der Waals surface area contributed by atoms with Crippen molar-refractivity contribution < 1.29 is 9.90 Å². The van der Waals surface area contributed by atoms with Crippen molar-refractivity contribution in [1.82, 2.24) is 5.32 Å². The largest absolute Gasteiger partial charge is 0.387 e. The maximum absolute atomic E-state index is 12.4. The first-order valence-corrected chi connectivity index (χ1v) is 8.96. The third-order valence-electron chi connectivity index (χ3n) is 4.29. The predicted molar refractivity (Wildman–Crippen MR) is 103 cm³/mol. The second-order valence-corrected chi connectivity index (χ2v) is 7.03. The van der Waals surface area contributed by atoms with Gasteiger partial charge in [0, 0.05) is 11.2 Å². The van der Waals surface area contributed by atoms with Gasteiger partial charge in [-0.15, -0.1) is 11.3 Å². The van der Waals surface area contributed by atoms with Crippen LogP contribution in [0.25, 0.3) is 20.9 Å². The summed E-state index contributed by atoms with van der Waals surface area (Å²) in [5.74, 6) is -0.152. The SMILES string of the molecule is O=C(NC[C@@H](O)c1cccc2ccccc12)c1cc2ccccc2s1. The Morgan fingerprint density at radius 3 is 2.52 bits per heavy atom. The van der Waals surface area contributed by atoms with Crippen molar-refractivity contribution in [3.63, 3.8) is 0 Å². The quantitative estimate of drug-likeness (QED) is 0.570. The van der Waals surface area contributed by atoms with E-state index in [1.54, 1.807) is 0 Å². The van der Waals surface area contributed by atoms with Gasteiger partial charge in [-0.1, -0.05) is 60.7 Å². The molecule has 25 heavy (non-hydrogen) atoms. The summed E-state index contributed by atoms with van der Waals surface area (Å²) in [6, 6.07) is 23.6. The van der Waals surface area contributed by atoms with Gasteiger partial charge in [0.15, 0.2) is 0 Å². The van der Waals surface area contributed by atoms with Crippen LogP contribution in [0.4, 0.5) is 0 Å². The van der Waals surface area contributed by atoms with Gasteiger partial charge in [0.1, 0.15) is 0 Å². The van der Waals surface area contributed by atoms with Crippen LogP contribution in [0.2, 0.25) is 0 Å². The number of aliphatic hydroxyl groups excluding tert-OH is 1. The lowest BCUT2D eigenvalue weighted by Gasteiger charge is -2.14. The van der Waals surface area contributed by atoms with Gasteiger partial charge in [0.05, 0.1) is 11.0 Å². The van der Waals surface area contributed by atoms with E-state index in [0.717, 1.165) is 26.4 Å². The molecule has 124 valence electrons. The molecule has 0 aliphatic carbocycles. The van der Waals surface area contributed by atoms with Crippen molar-refractivity contribution in [3.8, 4) is 0 Å². The summed E-state index contributed by atoms with van der Waals surface area (Å²) in [6.45, 7) is 0.182. The number of hydrogen-bond donors (Lipinski definition) is 2. The summed E-state index contributed by atoms with van der Waals surface area (Å²) in [5, 5.41) is 16.5. The average Bonchev–Trinajstić information content (AvgIpc) is 3.09. The molecule has 0 saturated carbocycles. The number of carbonyl (C=O) groups excluding carboxylic acids is 1. The number of aliphatic hydroxyl groups is 1. The Morgan fingerprint density at radius 1 is 0.960 bits per heavy atom. The van der Waals surface area contributed by atoms with Crippen LogP contribution < -0.4 is 5.32 Å². The first kappa shape index (κ1) is 15.8. The van der Waals surface area contributed by atoms with Gasteiger partial charge in [-0.05, 0) is 33.9 Å². The minimum atomic E-state index is -0.746. The highest BCUT2D eigenvalue weighted by Crippen LogP contribution is 2.26. The number of benzene rings is 3. The van der Waals surface area contributed by atoms with Crippen molar-refractivity contribution >= 4 is 38.1 Å². The molecule has 1 atom stereocenters. The van der Waals surface area contributed by atoms with Gasteiger partial charge < -0.3 is 10.4 Å². The van der Waals surface area contributed by atoms with Crippen molar-refractivity contribution in [3.05, 3.63) is 83.2 Å². The molecule has 0 saturated heterocycles. The Balaban J connectivity index is 1.51. The summed E-state index contributed by atoms with van der Waals surface area (Å²) >= 11 is 1.46. The van der Waals surface area contributed by atoms with E-state index < -0.39 is 6.10 Å². The molecule has 1 heterocycles. The first-order chi connectivity index (χ1) is 12.2. The lowest BCUT2D eigenvalue weighted by molar-refractivity contribution is 0.0921. The maximum Gasteiger partial charge on any atom is 0.261 e. The van der Waals surface area contributed by atoms with Gasteiger partial charge in [0.2, 0.25) is 0 Å². The van der Waals surface area contributed by atoms with Crippen LogP contribution in [0, 0.1) is 0 Å². The summed E-state index contributed by atoms with van der Waals surface area (Å²) in [5.41, 5.74) is 0.828. The number of nitrogens with one attached hydrogen (secondary N) is 1. The minimum absolute atomic E-state index is 0.152. The molecule has 2 N–H and O–H groups in total. The van der Waals surface area contributed by atoms with Crippen LogP contribution in [0.5, 0.6) is 0 Å². The highest BCUT2D eigenvalue weighted by molar-refractivity contribution is 7.20. The molecule has 0 unspecified atom stereocenters. The second kappa shape index (κ2) is 6.67. The van der Waals surface area contributed by atoms with Crippen molar-refractivity contribution in [2.45, 2.75) is 6.10 Å². The van der Waals surface area contributed by atoms with Crippen molar-refractivity contribution in [2.75, 3.05) is 6.54 Å². The highest BCUT2D eigenvalue weighted by Gasteiger charge is 2.14. The van der Waals surface area contributed by atoms with E-state index in [1.165, 1.54) is 11.3 Å². The molecule has 1 aromatic heterocycles. The van der Waals surface area contributed by atoms with Gasteiger partial charge in [-0.25, -0.2) is 0 Å². The fourth-order valence-corrected chi connectivity index (χ4v) is 4.00. The molecular formula is C21H17NO2S. The molecule has 3 aromatic carbocycles. The van der Waals surface area contributed by atoms with Crippen molar-refractivity contribution in [2.24, 2.45) is 0 Å². The molecule has 4 heteroatoms. The van der Waals surface area contributed by atoms with E-state index in [2.05, 4.69) is 5.32 Å². The molecular weight excluding hydrogens is 330 g/mol. The predicted octanol–water partition coefficient (Wildman–Crippen LogP) is 4.52. The zero-order chi connectivity index (χ0) is 17.2. The van der Waals surface area contributed by atoms with Gasteiger partial charge >= 0.3 is 0 Å². The number of rotatable bonds is 4. The van der Waals surface area contributed by atoms with Gasteiger partial charge in [-0.2, -0.15) is 0 Å². The number of amides is 1. The Bertz CT molecular complexity index is 1020. The molecule has 3 nitrogen and oxygen atoms in total. The molecule has 0 aliphatic rings. The maximum atomic E-state index is 12.4. The Hall–Kier alpha value is -2.69. The fourth-order valence-electron chi connectivity index (χ4n) is 3.02. The molecule has 0 spiro atoms. The van der Waals surface area contributed by atoms with E-state index in [9.17, 15) is 9.90 Å². The number of hydrogen-bond acceptors (Lipinski definition) is 3. The molecule has 4 aromatic rings. The first-order valence-electron chi connectivity index (χ1n) is 8.15. The molecule has 0 aliphatic heterocycles. The smallest absolute Gasteiger partial charge is 0.261 e. The van der Waals surface area contributed by atoms with E-state index in [-0.39, 0.29) is 12.5 Å². The van der Waals surface area contributed by atoms with Crippen LogP contribution in [-0.2, 0) is 0 Å². The van der Waals surface area contributed by atoms with Crippen LogP contribution in [0.1, 0.15) is 21.3 Å². The topological polar surface area (TPSA) is 49.3 Å². The molecule has 0 radical (unpaired) electrons. The van der Waals surface area contributed by atoms with Gasteiger partial charge in [-0.3, -0.25) is 4.79 Å². The zero-order valence-corrected chi connectivity index (χ0v) is 14.3. The lowest BCUT2D eigenvalue weighted by Crippen LogP contribution is -2.27. The monoisotopic (exact) mass is 347 g/mol. The van der Waals surface area contributed by atoms with Crippen molar-refractivity contribution in [1.29, 1.82) is 0 Å². The zero-order valence-electron chi connectivity index (χ0n) is 13.5. The van der Waals surface area contributed by atoms with E-state index in [1.807, 2.05) is 72.8 Å². The lowest BCUT2D eigenvalue weighted by atomic mass is 10.0. The standard InChI is InChI=1S/C21H17NO2S/c23-18(17-10-5-8-14-6-1-3-9-16(14)17)13-22-21(24)20-12-15-7-2-4-11-19(15)25-20/h1-12,18,23H,13H2,(H,22,24)/t18-/m1/s1. The molecule has 1 amide bonds. The van der Waals surface area contributed by atoms with Gasteiger partial charge in [0.25, 0.3) is 5.91 Å². The Kier molecular flexibility index (Phi) is 4.22. The normalized spacial score (nSPS) is 12.4. The summed E-state index contributed by atoms with van der Waals surface area (Å²) < 4.78 is 1.09. The summed E-state index contributed by atoms with van der Waals surface area (Å²) in [4.78, 5) is 13.1. The van der Waals surface area contributed by atoms with Crippen LogP contribution in [0.3, 0.4) is 0 Å². The minimum Gasteiger partial charge on any atom is -0.387 e. The summed E-state index contributed by atoms with van der Waals surface area (Å²) in [6.07, 6.45) is -0.746. The third kappa shape index (κ3) is 3.14. The second-order valence-electron chi connectivity index (χ2n) is 5.94. The third-order valence-corrected chi connectivity index (χ3v) is 5.40. The van der Waals surface area contributed by atoms with E-state index in [4.69, 9.17) is 0 Å². The molecule has 0 bridgehead atoms. The molecule has 0 fully saturated rings. The Labute approximate surface area is 149 Å².